The highest BCUT2D eigenvalue weighted by molar-refractivity contribution is 5.75. The van der Waals surface area contributed by atoms with E-state index in [2.05, 4.69) is 41.5 Å². The molecule has 1 rings (SSSR count). The molecule has 1 fully saturated rings. The molecule has 0 spiro atoms. The summed E-state index contributed by atoms with van der Waals surface area (Å²) in [5.41, 5.74) is 0. The molecule has 0 heterocycles. The molecule has 1 atom stereocenters. The molecule has 0 radical (unpaired) electrons. The maximum atomic E-state index is 12.4. The Balaban J connectivity index is 0.00000263. The van der Waals surface area contributed by atoms with Gasteiger partial charge in [-0.25, -0.2) is 0 Å². The Hall–Kier alpha value is -1.06. The lowest BCUT2D eigenvalue weighted by Gasteiger charge is -2.27. The summed E-state index contributed by atoms with van der Waals surface area (Å²) in [6.45, 7) is 14.0. The van der Waals surface area contributed by atoms with Gasteiger partial charge in [0.05, 0.1) is 25.0 Å². The molecule has 1 aliphatic carbocycles. The van der Waals surface area contributed by atoms with Gasteiger partial charge in [-0.05, 0) is 43.9 Å². The van der Waals surface area contributed by atoms with Gasteiger partial charge >= 0.3 is 11.9 Å². The van der Waals surface area contributed by atoms with Crippen molar-refractivity contribution in [3.63, 3.8) is 0 Å². The molecule has 1 saturated carbocycles. The van der Waals surface area contributed by atoms with Crippen LogP contribution in [-0.4, -0.2) is 25.2 Å². The van der Waals surface area contributed by atoms with Gasteiger partial charge in [-0.2, -0.15) is 0 Å². The Kier molecular flexibility index (Phi) is 18.0. The van der Waals surface area contributed by atoms with E-state index in [9.17, 15) is 9.59 Å². The second-order valence-electron chi connectivity index (χ2n) is 8.97. The van der Waals surface area contributed by atoms with Crippen LogP contribution >= 0.6 is 0 Å². The Labute approximate surface area is 186 Å². The summed E-state index contributed by atoms with van der Waals surface area (Å²) >= 11 is 0. The number of carbonyl (C=O) groups excluding carboxylic acids is 2. The Morgan fingerprint density at radius 2 is 1.10 bits per heavy atom. The van der Waals surface area contributed by atoms with Gasteiger partial charge in [0.25, 0.3) is 0 Å². The highest BCUT2D eigenvalue weighted by Gasteiger charge is 2.32. The minimum atomic E-state index is -0.0734. The zero-order valence-corrected chi connectivity index (χ0v) is 20.8. The van der Waals surface area contributed by atoms with E-state index in [-0.39, 0.29) is 23.8 Å². The number of hydrogen-bond donors (Lipinski definition) is 0. The van der Waals surface area contributed by atoms with Crippen LogP contribution in [0.5, 0.6) is 0 Å². The van der Waals surface area contributed by atoms with Crippen molar-refractivity contribution < 1.29 is 19.1 Å². The van der Waals surface area contributed by atoms with Crippen LogP contribution in [0.3, 0.4) is 0 Å². The van der Waals surface area contributed by atoms with E-state index in [0.717, 1.165) is 51.4 Å². The van der Waals surface area contributed by atoms with Crippen LogP contribution in [0, 0.1) is 23.7 Å². The first-order valence-electron chi connectivity index (χ1n) is 12.8. The molecule has 178 valence electrons. The Bertz CT molecular complexity index is 423. The van der Waals surface area contributed by atoms with Crippen LogP contribution in [-0.2, 0) is 19.1 Å². The van der Waals surface area contributed by atoms with Gasteiger partial charge in [-0.15, -0.1) is 0 Å². The number of rotatable bonds is 13. The maximum absolute atomic E-state index is 12.4. The third-order valence-electron chi connectivity index (χ3n) is 6.26. The van der Waals surface area contributed by atoms with Crippen LogP contribution in [0.25, 0.3) is 0 Å². The number of carbonyl (C=O) groups is 2. The van der Waals surface area contributed by atoms with Crippen molar-refractivity contribution in [2.45, 2.75) is 119 Å². The van der Waals surface area contributed by atoms with Gasteiger partial charge in [-0.1, -0.05) is 86.5 Å². The number of ether oxygens (including phenoxy) is 2. The van der Waals surface area contributed by atoms with Gasteiger partial charge < -0.3 is 9.47 Å². The first-order chi connectivity index (χ1) is 14.5. The van der Waals surface area contributed by atoms with E-state index < -0.39 is 0 Å². The smallest absolute Gasteiger partial charge is 0.308 e. The summed E-state index contributed by atoms with van der Waals surface area (Å²) < 4.78 is 11.1. The second-order valence-corrected chi connectivity index (χ2v) is 8.97. The van der Waals surface area contributed by atoms with Gasteiger partial charge in [0.15, 0.2) is 0 Å². The summed E-state index contributed by atoms with van der Waals surface area (Å²) in [5.74, 6) is 0.728. The average Bonchev–Trinajstić information content (AvgIpc) is 2.77. The molecule has 0 aliphatic heterocycles. The lowest BCUT2D eigenvalue weighted by molar-refractivity contribution is -0.156. The molecule has 0 N–H and O–H groups in total. The summed E-state index contributed by atoms with van der Waals surface area (Å²) in [6.07, 6.45) is 12.2. The monoisotopic (exact) mass is 426 g/mol. The van der Waals surface area contributed by atoms with Crippen molar-refractivity contribution >= 4 is 11.9 Å². The fraction of sp³-hybridized carbons (Fsp3) is 0.923. The van der Waals surface area contributed by atoms with E-state index in [0.29, 0.717) is 25.0 Å². The molecule has 4 heteroatoms. The summed E-state index contributed by atoms with van der Waals surface area (Å²) in [6, 6.07) is 0. The normalized spacial score (nSPS) is 19.6. The lowest BCUT2D eigenvalue weighted by atomic mass is 9.82. The quantitative estimate of drug-likeness (QED) is 0.228. The second kappa shape index (κ2) is 18.7. The Morgan fingerprint density at radius 3 is 1.47 bits per heavy atom. The molecule has 30 heavy (non-hydrogen) atoms. The molecular formula is C26H50O4. The van der Waals surface area contributed by atoms with Gasteiger partial charge in [0, 0.05) is 0 Å². The zero-order chi connectivity index (χ0) is 22.8. The molecule has 0 amide bonds. The molecule has 0 aromatic rings. The molecule has 0 saturated heterocycles. The van der Waals surface area contributed by atoms with Crippen LogP contribution in [0.4, 0.5) is 0 Å². The van der Waals surface area contributed by atoms with E-state index >= 15 is 0 Å². The fourth-order valence-corrected chi connectivity index (χ4v) is 3.81. The van der Waals surface area contributed by atoms with Gasteiger partial charge in [-0.3, -0.25) is 9.59 Å². The topological polar surface area (TPSA) is 52.6 Å². The molecule has 0 aromatic carbocycles. The largest absolute Gasteiger partial charge is 0.465 e. The van der Waals surface area contributed by atoms with Crippen molar-refractivity contribution in [3.05, 3.63) is 0 Å². The van der Waals surface area contributed by atoms with Crippen LogP contribution in [0.1, 0.15) is 119 Å². The van der Waals surface area contributed by atoms with E-state index in [1.165, 1.54) is 25.7 Å². The predicted molar refractivity (Wildman–Crippen MR) is 125 cm³/mol. The van der Waals surface area contributed by atoms with Crippen molar-refractivity contribution in [1.29, 1.82) is 0 Å². The van der Waals surface area contributed by atoms with Crippen LogP contribution < -0.4 is 0 Å². The Morgan fingerprint density at radius 1 is 0.700 bits per heavy atom. The number of esters is 2. The molecule has 4 nitrogen and oxygen atoms in total. The zero-order valence-electron chi connectivity index (χ0n) is 20.8. The van der Waals surface area contributed by atoms with Gasteiger partial charge in [0.1, 0.15) is 0 Å². The van der Waals surface area contributed by atoms with Crippen LogP contribution in [0.15, 0.2) is 0 Å². The van der Waals surface area contributed by atoms with E-state index in [1.54, 1.807) is 0 Å². The first kappa shape index (κ1) is 28.9. The standard InChI is InChI=1S/C23H42O4.C3H8/c1-5-9-10-11-19(8-4)17-27-23(25)21-14-12-20(13-15-21)22(24)26-16-18(6-2)7-3;1-3-2/h18-21H,5-17H2,1-4H3;3H2,1-2H3. The highest BCUT2D eigenvalue weighted by atomic mass is 16.5. The third-order valence-corrected chi connectivity index (χ3v) is 6.26. The average molecular weight is 427 g/mol. The molecule has 1 unspecified atom stereocenters. The van der Waals surface area contributed by atoms with Crippen LogP contribution in [0.2, 0.25) is 0 Å². The van der Waals surface area contributed by atoms with E-state index in [1.807, 2.05) is 0 Å². The number of hydrogen-bond acceptors (Lipinski definition) is 4. The third kappa shape index (κ3) is 12.6. The molecule has 0 aromatic heterocycles. The summed E-state index contributed by atoms with van der Waals surface area (Å²) in [4.78, 5) is 24.6. The van der Waals surface area contributed by atoms with E-state index in [4.69, 9.17) is 9.47 Å². The lowest BCUT2D eigenvalue weighted by Crippen LogP contribution is -2.29. The van der Waals surface area contributed by atoms with Crippen molar-refractivity contribution in [3.8, 4) is 0 Å². The molecule has 1 aliphatic rings. The maximum Gasteiger partial charge on any atom is 0.308 e. The SMILES string of the molecule is CCC.CCCCCC(CC)COC(=O)C1CCC(C(=O)OCC(CC)CC)CC1. The minimum absolute atomic E-state index is 0.0405. The minimum Gasteiger partial charge on any atom is -0.465 e. The van der Waals surface area contributed by atoms with Crippen molar-refractivity contribution in [2.75, 3.05) is 13.2 Å². The highest BCUT2D eigenvalue weighted by Crippen LogP contribution is 2.31. The number of unbranched alkanes of at least 4 members (excludes halogenated alkanes) is 2. The van der Waals surface area contributed by atoms with Crippen molar-refractivity contribution in [1.82, 2.24) is 0 Å². The molecular weight excluding hydrogens is 376 g/mol. The summed E-state index contributed by atoms with van der Waals surface area (Å²) in [5, 5.41) is 0. The first-order valence-corrected chi connectivity index (χ1v) is 12.8. The van der Waals surface area contributed by atoms with Gasteiger partial charge in [0.2, 0.25) is 0 Å². The summed E-state index contributed by atoms with van der Waals surface area (Å²) in [7, 11) is 0. The van der Waals surface area contributed by atoms with Crippen molar-refractivity contribution in [2.24, 2.45) is 23.7 Å². The fourth-order valence-electron chi connectivity index (χ4n) is 3.81. The predicted octanol–water partition coefficient (Wildman–Crippen LogP) is 7.34. The molecule has 0 bridgehead atoms.